The number of benzene rings is 1. The molecule has 2 aliphatic rings. The third-order valence-electron chi connectivity index (χ3n) is 4.94. The molecule has 1 N–H and O–H groups in total. The Bertz CT molecular complexity index is 501. The number of nitrogens with one attached hydrogen (secondary N) is 1. The van der Waals surface area contributed by atoms with Crippen molar-refractivity contribution in [3.63, 3.8) is 0 Å². The van der Waals surface area contributed by atoms with E-state index in [1.807, 2.05) is 11.8 Å². The number of methoxy groups -OCH3 is 1. The highest BCUT2D eigenvalue weighted by Gasteiger charge is 2.37. The molecule has 22 heavy (non-hydrogen) atoms. The Hall–Kier alpha value is -1.00. The van der Waals surface area contributed by atoms with Gasteiger partial charge in [0.15, 0.2) is 0 Å². The van der Waals surface area contributed by atoms with Gasteiger partial charge in [-0.2, -0.15) is 0 Å². The summed E-state index contributed by atoms with van der Waals surface area (Å²) in [6.07, 6.45) is 6.96. The summed E-state index contributed by atoms with van der Waals surface area (Å²) in [6, 6.07) is 8.46. The zero-order chi connectivity index (χ0) is 15.4. The van der Waals surface area contributed by atoms with Gasteiger partial charge in [0.1, 0.15) is 0 Å². The van der Waals surface area contributed by atoms with Crippen molar-refractivity contribution < 1.29 is 9.53 Å². The number of amides is 1. The molecule has 0 atom stereocenters. The molecule has 0 unspecified atom stereocenters. The lowest BCUT2D eigenvalue weighted by Gasteiger charge is -2.27. The fourth-order valence-corrected chi connectivity index (χ4v) is 4.72. The normalized spacial score (nSPS) is 20.0. The van der Waals surface area contributed by atoms with Gasteiger partial charge in [-0.3, -0.25) is 4.79 Å². The van der Waals surface area contributed by atoms with Crippen LogP contribution in [0.3, 0.4) is 0 Å². The summed E-state index contributed by atoms with van der Waals surface area (Å²) in [5.74, 6) is 0.724. The van der Waals surface area contributed by atoms with Crippen molar-refractivity contribution in [2.24, 2.45) is 0 Å². The van der Waals surface area contributed by atoms with Crippen LogP contribution in [0.15, 0.2) is 24.3 Å². The van der Waals surface area contributed by atoms with Gasteiger partial charge >= 0.3 is 0 Å². The first-order valence-electron chi connectivity index (χ1n) is 8.21. The summed E-state index contributed by atoms with van der Waals surface area (Å²) in [7, 11) is 1.76. The standard InChI is InChI=1S/C18H25NO2S/c1-21-18(10-14-6-2-3-7-15(14)11-18)13-19-17(20)12-22-16-8-4-5-9-16/h2-3,6-7,16H,4-5,8-13H2,1H3,(H,19,20). The minimum Gasteiger partial charge on any atom is -0.376 e. The molecule has 3 nitrogen and oxygen atoms in total. The summed E-state index contributed by atoms with van der Waals surface area (Å²) in [5.41, 5.74) is 2.43. The number of ether oxygens (including phenoxy) is 1. The van der Waals surface area contributed by atoms with Crippen molar-refractivity contribution >= 4 is 17.7 Å². The van der Waals surface area contributed by atoms with Crippen LogP contribution in [-0.4, -0.2) is 36.2 Å². The Labute approximate surface area is 137 Å². The molecule has 0 aliphatic heterocycles. The molecular weight excluding hydrogens is 294 g/mol. The van der Waals surface area contributed by atoms with Gasteiger partial charge in [0, 0.05) is 31.7 Å². The van der Waals surface area contributed by atoms with Gasteiger partial charge in [-0.15, -0.1) is 11.8 Å². The third-order valence-corrected chi connectivity index (χ3v) is 6.31. The highest BCUT2D eigenvalue weighted by molar-refractivity contribution is 8.00. The number of rotatable bonds is 6. The highest BCUT2D eigenvalue weighted by Crippen LogP contribution is 2.32. The zero-order valence-electron chi connectivity index (χ0n) is 13.3. The Kier molecular flexibility index (Phi) is 5.09. The molecule has 0 radical (unpaired) electrons. The molecule has 1 fully saturated rings. The van der Waals surface area contributed by atoms with E-state index in [1.54, 1.807) is 7.11 Å². The van der Waals surface area contributed by atoms with Gasteiger partial charge in [-0.25, -0.2) is 0 Å². The summed E-state index contributed by atoms with van der Waals surface area (Å²) in [5, 5.41) is 3.78. The van der Waals surface area contributed by atoms with E-state index in [-0.39, 0.29) is 11.5 Å². The quantitative estimate of drug-likeness (QED) is 0.876. The molecule has 2 aliphatic carbocycles. The van der Waals surface area contributed by atoms with E-state index >= 15 is 0 Å². The van der Waals surface area contributed by atoms with E-state index < -0.39 is 0 Å². The Balaban J connectivity index is 1.48. The third kappa shape index (κ3) is 3.66. The molecule has 1 amide bonds. The van der Waals surface area contributed by atoms with Crippen molar-refractivity contribution in [3.05, 3.63) is 35.4 Å². The van der Waals surface area contributed by atoms with Gasteiger partial charge in [0.05, 0.1) is 11.4 Å². The maximum absolute atomic E-state index is 12.1. The highest BCUT2D eigenvalue weighted by atomic mass is 32.2. The lowest BCUT2D eigenvalue weighted by atomic mass is 10.00. The average Bonchev–Trinajstić information content (AvgIpc) is 3.18. The minimum absolute atomic E-state index is 0.143. The maximum Gasteiger partial charge on any atom is 0.230 e. The van der Waals surface area contributed by atoms with Crippen LogP contribution in [0.1, 0.15) is 36.8 Å². The van der Waals surface area contributed by atoms with E-state index in [9.17, 15) is 4.79 Å². The second kappa shape index (κ2) is 7.05. The summed E-state index contributed by atoms with van der Waals surface area (Å²) in [4.78, 5) is 12.1. The Morgan fingerprint density at radius 1 is 1.27 bits per heavy atom. The van der Waals surface area contributed by atoms with Crippen molar-refractivity contribution in [1.82, 2.24) is 5.32 Å². The number of fused-ring (bicyclic) bond motifs is 1. The lowest BCUT2D eigenvalue weighted by molar-refractivity contribution is -0.120. The molecule has 120 valence electrons. The molecule has 4 heteroatoms. The van der Waals surface area contributed by atoms with Gasteiger partial charge in [0.2, 0.25) is 5.91 Å². The minimum atomic E-state index is -0.266. The first-order valence-corrected chi connectivity index (χ1v) is 9.26. The second-order valence-corrected chi connectivity index (χ2v) is 7.79. The molecule has 1 aromatic carbocycles. The molecule has 3 rings (SSSR count). The topological polar surface area (TPSA) is 38.3 Å². The van der Waals surface area contributed by atoms with Crippen LogP contribution < -0.4 is 5.32 Å². The van der Waals surface area contributed by atoms with Gasteiger partial charge in [-0.05, 0) is 24.0 Å². The number of hydrogen-bond acceptors (Lipinski definition) is 3. The van der Waals surface area contributed by atoms with Gasteiger partial charge < -0.3 is 10.1 Å². The number of carbonyl (C=O) groups excluding carboxylic acids is 1. The average molecular weight is 319 g/mol. The number of hydrogen-bond donors (Lipinski definition) is 1. The lowest BCUT2D eigenvalue weighted by Crippen LogP contribution is -2.45. The molecule has 0 spiro atoms. The van der Waals surface area contributed by atoms with Crippen LogP contribution in [0.2, 0.25) is 0 Å². The summed E-state index contributed by atoms with van der Waals surface area (Å²) < 4.78 is 5.79. The van der Waals surface area contributed by atoms with E-state index in [0.717, 1.165) is 12.8 Å². The molecule has 0 heterocycles. The molecule has 1 saturated carbocycles. The zero-order valence-corrected chi connectivity index (χ0v) is 14.1. The maximum atomic E-state index is 12.1. The SMILES string of the molecule is COC1(CNC(=O)CSC2CCCC2)Cc2ccccc2C1. The predicted molar refractivity (Wildman–Crippen MR) is 91.3 cm³/mol. The predicted octanol–water partition coefficient (Wildman–Crippen LogP) is 2.96. The number of thioether (sulfide) groups is 1. The summed E-state index contributed by atoms with van der Waals surface area (Å²) in [6.45, 7) is 0.599. The first-order chi connectivity index (χ1) is 10.7. The van der Waals surface area contributed by atoms with Gasteiger partial charge in [-0.1, -0.05) is 37.1 Å². The van der Waals surface area contributed by atoms with Crippen LogP contribution in [0, 0.1) is 0 Å². The van der Waals surface area contributed by atoms with E-state index in [0.29, 0.717) is 17.5 Å². The largest absolute Gasteiger partial charge is 0.376 e. The van der Waals surface area contributed by atoms with Crippen molar-refractivity contribution in [1.29, 1.82) is 0 Å². The van der Waals surface area contributed by atoms with Crippen molar-refractivity contribution in [3.8, 4) is 0 Å². The van der Waals surface area contributed by atoms with Crippen molar-refractivity contribution in [2.75, 3.05) is 19.4 Å². The summed E-state index contributed by atoms with van der Waals surface area (Å²) >= 11 is 1.82. The van der Waals surface area contributed by atoms with E-state index in [4.69, 9.17) is 4.74 Å². The second-order valence-electron chi connectivity index (χ2n) is 6.50. The fraction of sp³-hybridized carbons (Fsp3) is 0.611. The van der Waals surface area contributed by atoms with Crippen molar-refractivity contribution in [2.45, 2.75) is 49.4 Å². The van der Waals surface area contributed by atoms with Crippen LogP contribution in [0.25, 0.3) is 0 Å². The smallest absolute Gasteiger partial charge is 0.230 e. The fourth-order valence-electron chi connectivity index (χ4n) is 3.56. The van der Waals surface area contributed by atoms with Crippen LogP contribution in [-0.2, 0) is 22.4 Å². The molecule has 0 bridgehead atoms. The van der Waals surface area contributed by atoms with Crippen LogP contribution in [0.5, 0.6) is 0 Å². The molecule has 1 aromatic rings. The molecule has 0 saturated heterocycles. The Morgan fingerprint density at radius 2 is 1.91 bits per heavy atom. The van der Waals surface area contributed by atoms with Crippen LogP contribution in [0.4, 0.5) is 0 Å². The molecular formula is C18H25NO2S. The molecule has 0 aromatic heterocycles. The Morgan fingerprint density at radius 3 is 2.50 bits per heavy atom. The monoisotopic (exact) mass is 319 g/mol. The van der Waals surface area contributed by atoms with E-state index in [1.165, 1.54) is 36.8 Å². The van der Waals surface area contributed by atoms with Crippen LogP contribution >= 0.6 is 11.8 Å². The number of carbonyl (C=O) groups is 1. The first kappa shape index (κ1) is 15.9. The van der Waals surface area contributed by atoms with E-state index in [2.05, 4.69) is 29.6 Å². The van der Waals surface area contributed by atoms with Gasteiger partial charge in [0.25, 0.3) is 0 Å².